The summed E-state index contributed by atoms with van der Waals surface area (Å²) in [5.74, 6) is 0.833. The Kier molecular flexibility index (Phi) is 3.21. The van der Waals surface area contributed by atoms with Gasteiger partial charge < -0.3 is 10.3 Å². The summed E-state index contributed by atoms with van der Waals surface area (Å²) in [4.78, 5) is 13.5. The number of para-hydroxylation sites is 2. The zero-order valence-electron chi connectivity index (χ0n) is 11.0. The van der Waals surface area contributed by atoms with Crippen molar-refractivity contribution < 1.29 is 0 Å². The van der Waals surface area contributed by atoms with Gasteiger partial charge in [0.05, 0.1) is 21.7 Å². The standard InChI is InChI=1S/C14H16N4S/c1-9-13(19-10(2)16-9)7-8-15-14-17-11-5-3-4-6-12(11)18-14/h3-6H,7-8H2,1-2H3,(H2,15,17,18). The van der Waals surface area contributed by atoms with Crippen LogP contribution >= 0.6 is 11.3 Å². The number of thiazole rings is 1. The van der Waals surface area contributed by atoms with Gasteiger partial charge in [-0.05, 0) is 26.0 Å². The fraction of sp³-hybridized carbons (Fsp3) is 0.286. The topological polar surface area (TPSA) is 53.6 Å². The molecule has 0 spiro atoms. The van der Waals surface area contributed by atoms with Crippen LogP contribution in [0.3, 0.4) is 0 Å². The first-order valence-electron chi connectivity index (χ1n) is 6.34. The van der Waals surface area contributed by atoms with Gasteiger partial charge in [-0.2, -0.15) is 0 Å². The summed E-state index contributed by atoms with van der Waals surface area (Å²) in [5, 5.41) is 4.47. The third-order valence-electron chi connectivity index (χ3n) is 3.03. The molecule has 0 atom stereocenters. The molecule has 5 heteroatoms. The first-order valence-corrected chi connectivity index (χ1v) is 7.15. The third kappa shape index (κ3) is 2.61. The van der Waals surface area contributed by atoms with Gasteiger partial charge in [-0.25, -0.2) is 9.97 Å². The maximum absolute atomic E-state index is 4.49. The summed E-state index contributed by atoms with van der Waals surface area (Å²) < 4.78 is 0. The number of aromatic amines is 1. The van der Waals surface area contributed by atoms with E-state index >= 15 is 0 Å². The minimum atomic E-state index is 0.833. The van der Waals surface area contributed by atoms with Crippen LogP contribution in [0.2, 0.25) is 0 Å². The Morgan fingerprint density at radius 2 is 2.05 bits per heavy atom. The fourth-order valence-corrected chi connectivity index (χ4v) is 3.07. The zero-order chi connectivity index (χ0) is 13.2. The Hall–Kier alpha value is -1.88. The van der Waals surface area contributed by atoms with Crippen molar-refractivity contribution >= 4 is 28.3 Å². The highest BCUT2D eigenvalue weighted by Gasteiger charge is 2.05. The van der Waals surface area contributed by atoms with Crippen LogP contribution in [-0.2, 0) is 6.42 Å². The molecule has 0 radical (unpaired) electrons. The molecular weight excluding hydrogens is 256 g/mol. The van der Waals surface area contributed by atoms with Crippen molar-refractivity contribution in [3.05, 3.63) is 39.8 Å². The average molecular weight is 272 g/mol. The monoisotopic (exact) mass is 272 g/mol. The van der Waals surface area contributed by atoms with E-state index in [1.54, 1.807) is 11.3 Å². The molecule has 3 aromatic rings. The van der Waals surface area contributed by atoms with Crippen LogP contribution in [0.25, 0.3) is 11.0 Å². The largest absolute Gasteiger partial charge is 0.355 e. The highest BCUT2D eigenvalue weighted by atomic mass is 32.1. The Morgan fingerprint density at radius 1 is 1.21 bits per heavy atom. The number of benzene rings is 1. The zero-order valence-corrected chi connectivity index (χ0v) is 11.8. The van der Waals surface area contributed by atoms with Crippen LogP contribution in [-0.4, -0.2) is 21.5 Å². The number of hydrogen-bond donors (Lipinski definition) is 2. The van der Waals surface area contributed by atoms with Gasteiger partial charge in [0, 0.05) is 17.8 Å². The SMILES string of the molecule is Cc1nc(C)c(CCNc2nc3ccccc3[nH]2)s1. The number of imidazole rings is 1. The van der Waals surface area contributed by atoms with Gasteiger partial charge in [-0.3, -0.25) is 0 Å². The normalized spacial score (nSPS) is 11.1. The maximum Gasteiger partial charge on any atom is 0.201 e. The van der Waals surface area contributed by atoms with Crippen LogP contribution in [0, 0.1) is 13.8 Å². The predicted octanol–water partition coefficient (Wildman–Crippen LogP) is 3.29. The van der Waals surface area contributed by atoms with Crippen LogP contribution in [0.15, 0.2) is 24.3 Å². The van der Waals surface area contributed by atoms with Gasteiger partial charge in [-0.15, -0.1) is 11.3 Å². The van der Waals surface area contributed by atoms with E-state index in [2.05, 4.69) is 27.2 Å². The Morgan fingerprint density at radius 3 is 2.79 bits per heavy atom. The molecule has 0 amide bonds. The molecule has 0 aliphatic carbocycles. The van der Waals surface area contributed by atoms with Crippen LogP contribution in [0.4, 0.5) is 5.95 Å². The van der Waals surface area contributed by atoms with Gasteiger partial charge in [0.15, 0.2) is 0 Å². The summed E-state index contributed by atoms with van der Waals surface area (Å²) in [5.41, 5.74) is 3.21. The van der Waals surface area contributed by atoms with E-state index in [1.165, 1.54) is 4.88 Å². The first-order chi connectivity index (χ1) is 9.22. The number of hydrogen-bond acceptors (Lipinski definition) is 4. The molecule has 4 nitrogen and oxygen atoms in total. The van der Waals surface area contributed by atoms with Crippen molar-refractivity contribution in [1.82, 2.24) is 15.0 Å². The van der Waals surface area contributed by atoms with Crippen molar-refractivity contribution in [3.8, 4) is 0 Å². The fourth-order valence-electron chi connectivity index (χ4n) is 2.14. The molecule has 2 N–H and O–H groups in total. The predicted molar refractivity (Wildman–Crippen MR) is 79.9 cm³/mol. The molecule has 0 saturated heterocycles. The Balaban J connectivity index is 1.64. The number of nitrogens with one attached hydrogen (secondary N) is 2. The molecular formula is C14H16N4S. The van der Waals surface area contributed by atoms with E-state index in [0.29, 0.717) is 0 Å². The molecule has 2 heterocycles. The smallest absolute Gasteiger partial charge is 0.201 e. The van der Waals surface area contributed by atoms with Gasteiger partial charge in [-0.1, -0.05) is 12.1 Å². The minimum absolute atomic E-state index is 0.833. The molecule has 0 aliphatic heterocycles. The van der Waals surface area contributed by atoms with E-state index in [0.717, 1.165) is 40.6 Å². The second kappa shape index (κ2) is 5.01. The number of anilines is 1. The molecule has 0 saturated carbocycles. The maximum atomic E-state index is 4.49. The molecule has 0 aliphatic rings. The summed E-state index contributed by atoms with van der Waals surface area (Å²) >= 11 is 1.77. The third-order valence-corrected chi connectivity index (χ3v) is 4.17. The van der Waals surface area contributed by atoms with Crippen LogP contribution in [0.5, 0.6) is 0 Å². The van der Waals surface area contributed by atoms with E-state index in [4.69, 9.17) is 0 Å². The van der Waals surface area contributed by atoms with Crippen molar-refractivity contribution in [1.29, 1.82) is 0 Å². The van der Waals surface area contributed by atoms with Crippen molar-refractivity contribution in [2.24, 2.45) is 0 Å². The quantitative estimate of drug-likeness (QED) is 0.766. The van der Waals surface area contributed by atoms with E-state index in [-0.39, 0.29) is 0 Å². The van der Waals surface area contributed by atoms with Crippen LogP contribution in [0.1, 0.15) is 15.6 Å². The van der Waals surface area contributed by atoms with E-state index in [9.17, 15) is 0 Å². The lowest BCUT2D eigenvalue weighted by atomic mass is 10.3. The number of H-pyrrole nitrogens is 1. The summed E-state index contributed by atoms with van der Waals surface area (Å²) in [6, 6.07) is 8.04. The van der Waals surface area contributed by atoms with Crippen molar-refractivity contribution in [2.45, 2.75) is 20.3 Å². The molecule has 0 unspecified atom stereocenters. The molecule has 1 aromatic carbocycles. The number of nitrogens with zero attached hydrogens (tertiary/aromatic N) is 2. The lowest BCUT2D eigenvalue weighted by Gasteiger charge is -2.01. The highest BCUT2D eigenvalue weighted by molar-refractivity contribution is 7.11. The average Bonchev–Trinajstić information content (AvgIpc) is 2.92. The number of aromatic nitrogens is 3. The molecule has 2 aromatic heterocycles. The van der Waals surface area contributed by atoms with Gasteiger partial charge in [0.2, 0.25) is 5.95 Å². The summed E-state index contributed by atoms with van der Waals surface area (Å²) in [7, 11) is 0. The number of rotatable bonds is 4. The van der Waals surface area contributed by atoms with E-state index in [1.807, 2.05) is 31.2 Å². The Labute approximate surface area is 115 Å². The molecule has 19 heavy (non-hydrogen) atoms. The van der Waals surface area contributed by atoms with Gasteiger partial charge in [0.25, 0.3) is 0 Å². The minimum Gasteiger partial charge on any atom is -0.355 e. The molecule has 0 bridgehead atoms. The molecule has 3 rings (SSSR count). The first kappa shape index (κ1) is 12.2. The van der Waals surface area contributed by atoms with Gasteiger partial charge in [0.1, 0.15) is 0 Å². The number of fused-ring (bicyclic) bond motifs is 1. The highest BCUT2D eigenvalue weighted by Crippen LogP contribution is 2.18. The van der Waals surface area contributed by atoms with Gasteiger partial charge >= 0.3 is 0 Å². The second-order valence-electron chi connectivity index (χ2n) is 4.52. The number of aryl methyl sites for hydroxylation is 2. The molecule has 98 valence electrons. The summed E-state index contributed by atoms with van der Waals surface area (Å²) in [6.07, 6.45) is 0.981. The Bertz CT molecular complexity index is 665. The van der Waals surface area contributed by atoms with Crippen molar-refractivity contribution in [2.75, 3.05) is 11.9 Å². The lowest BCUT2D eigenvalue weighted by Crippen LogP contribution is -2.05. The second-order valence-corrected chi connectivity index (χ2v) is 5.81. The molecule has 0 fully saturated rings. The summed E-state index contributed by atoms with van der Waals surface area (Å²) in [6.45, 7) is 4.98. The van der Waals surface area contributed by atoms with Crippen LogP contribution < -0.4 is 5.32 Å². The lowest BCUT2D eigenvalue weighted by molar-refractivity contribution is 0.997. The van der Waals surface area contributed by atoms with Crippen molar-refractivity contribution in [3.63, 3.8) is 0 Å². The van der Waals surface area contributed by atoms with E-state index < -0.39 is 0 Å².